The van der Waals surface area contributed by atoms with E-state index in [1.807, 2.05) is 0 Å². The molecule has 1 unspecified atom stereocenters. The van der Waals surface area contributed by atoms with Crippen molar-refractivity contribution in [2.45, 2.75) is 39.2 Å². The lowest BCUT2D eigenvalue weighted by Crippen LogP contribution is -2.59. The Labute approximate surface area is 126 Å². The van der Waals surface area contributed by atoms with Gasteiger partial charge in [0.05, 0.1) is 0 Å². The summed E-state index contributed by atoms with van der Waals surface area (Å²) in [7, 11) is 4.29. The molecule has 120 valence electrons. The Hall–Kier alpha value is -0.160. The summed E-state index contributed by atoms with van der Waals surface area (Å²) in [4.78, 5) is 7.47. The molecular formula is C16H36N4. The van der Waals surface area contributed by atoms with Crippen LogP contribution in [0.2, 0.25) is 0 Å². The van der Waals surface area contributed by atoms with E-state index < -0.39 is 0 Å². The zero-order valence-corrected chi connectivity index (χ0v) is 14.4. The van der Waals surface area contributed by atoms with Crippen LogP contribution in [0.3, 0.4) is 0 Å². The molecule has 1 aliphatic heterocycles. The highest BCUT2D eigenvalue weighted by Crippen LogP contribution is 2.24. The van der Waals surface area contributed by atoms with E-state index in [4.69, 9.17) is 5.73 Å². The first-order chi connectivity index (χ1) is 9.37. The molecule has 0 aliphatic carbocycles. The summed E-state index contributed by atoms with van der Waals surface area (Å²) in [6.45, 7) is 14.8. The normalized spacial score (nSPS) is 21.6. The van der Waals surface area contributed by atoms with Gasteiger partial charge in [0.15, 0.2) is 0 Å². The molecule has 2 N–H and O–H groups in total. The van der Waals surface area contributed by atoms with Gasteiger partial charge in [-0.05, 0) is 39.8 Å². The van der Waals surface area contributed by atoms with E-state index in [9.17, 15) is 0 Å². The topological polar surface area (TPSA) is 35.7 Å². The summed E-state index contributed by atoms with van der Waals surface area (Å²) in [6.07, 6.45) is 2.49. The molecule has 0 amide bonds. The Morgan fingerprint density at radius 1 is 1.15 bits per heavy atom. The maximum Gasteiger partial charge on any atom is 0.0304 e. The van der Waals surface area contributed by atoms with Crippen molar-refractivity contribution in [3.8, 4) is 0 Å². The maximum atomic E-state index is 6.10. The fraction of sp³-hybridized carbons (Fsp3) is 1.00. The van der Waals surface area contributed by atoms with Gasteiger partial charge in [-0.25, -0.2) is 0 Å². The van der Waals surface area contributed by atoms with Crippen LogP contribution < -0.4 is 5.73 Å². The smallest absolute Gasteiger partial charge is 0.0304 e. The van der Waals surface area contributed by atoms with Crippen LogP contribution in [0.25, 0.3) is 0 Å². The number of nitrogens with two attached hydrogens (primary N) is 1. The van der Waals surface area contributed by atoms with Crippen LogP contribution in [-0.4, -0.2) is 80.1 Å². The summed E-state index contributed by atoms with van der Waals surface area (Å²) >= 11 is 0. The number of hydrogen-bond donors (Lipinski definition) is 1. The molecule has 1 atom stereocenters. The third kappa shape index (κ3) is 5.68. The molecule has 0 aromatic heterocycles. The summed E-state index contributed by atoms with van der Waals surface area (Å²) in [5.74, 6) is 0.766. The van der Waals surface area contributed by atoms with Gasteiger partial charge in [0.1, 0.15) is 0 Å². The highest BCUT2D eigenvalue weighted by Gasteiger charge is 2.32. The first-order valence-corrected chi connectivity index (χ1v) is 8.19. The predicted octanol–water partition coefficient (Wildman–Crippen LogP) is 1.32. The van der Waals surface area contributed by atoms with Crippen molar-refractivity contribution >= 4 is 0 Å². The molecule has 4 heteroatoms. The molecule has 0 bridgehead atoms. The third-order valence-corrected chi connectivity index (χ3v) is 4.70. The minimum Gasteiger partial charge on any atom is -0.329 e. The SMILES string of the molecule is CC(C)CCC(C)(CN)N1CCN(CCN(C)C)CC1. The average molecular weight is 284 g/mol. The van der Waals surface area contributed by atoms with E-state index in [1.165, 1.54) is 45.6 Å². The van der Waals surface area contributed by atoms with E-state index >= 15 is 0 Å². The van der Waals surface area contributed by atoms with Crippen LogP contribution in [0.15, 0.2) is 0 Å². The standard InChI is InChI=1S/C16H36N4/c1-15(2)6-7-16(3,14-17)20-12-10-19(11-13-20)9-8-18(4)5/h15H,6-14,17H2,1-5H3. The molecule has 1 rings (SSSR count). The molecule has 0 radical (unpaired) electrons. The number of likely N-dealkylation sites (N-methyl/N-ethyl adjacent to an activating group) is 1. The summed E-state index contributed by atoms with van der Waals surface area (Å²) in [5, 5.41) is 0. The van der Waals surface area contributed by atoms with Crippen LogP contribution in [0.5, 0.6) is 0 Å². The highest BCUT2D eigenvalue weighted by molar-refractivity contribution is 4.90. The molecule has 1 aliphatic rings. The van der Waals surface area contributed by atoms with E-state index in [0.717, 1.165) is 19.0 Å². The van der Waals surface area contributed by atoms with Crippen LogP contribution in [-0.2, 0) is 0 Å². The summed E-state index contributed by atoms with van der Waals surface area (Å²) in [6, 6.07) is 0. The Balaban J connectivity index is 2.41. The molecule has 0 saturated carbocycles. The van der Waals surface area contributed by atoms with Gasteiger partial charge in [0.2, 0.25) is 0 Å². The van der Waals surface area contributed by atoms with Gasteiger partial charge >= 0.3 is 0 Å². The van der Waals surface area contributed by atoms with Crippen molar-refractivity contribution in [3.05, 3.63) is 0 Å². The number of hydrogen-bond acceptors (Lipinski definition) is 4. The van der Waals surface area contributed by atoms with Gasteiger partial charge in [0.25, 0.3) is 0 Å². The maximum absolute atomic E-state index is 6.10. The number of piperazine rings is 1. The van der Waals surface area contributed by atoms with Crippen molar-refractivity contribution in [1.29, 1.82) is 0 Å². The lowest BCUT2D eigenvalue weighted by Gasteiger charge is -2.46. The van der Waals surface area contributed by atoms with Crippen LogP contribution in [0.4, 0.5) is 0 Å². The highest BCUT2D eigenvalue weighted by atomic mass is 15.3. The van der Waals surface area contributed by atoms with Gasteiger partial charge < -0.3 is 10.6 Å². The third-order valence-electron chi connectivity index (χ3n) is 4.70. The Bertz CT molecular complexity index is 259. The fourth-order valence-corrected chi connectivity index (χ4v) is 2.84. The van der Waals surface area contributed by atoms with Gasteiger partial charge in [-0.15, -0.1) is 0 Å². The zero-order valence-electron chi connectivity index (χ0n) is 14.4. The van der Waals surface area contributed by atoms with Gasteiger partial charge in [0, 0.05) is 51.4 Å². The van der Waals surface area contributed by atoms with Crippen molar-refractivity contribution in [3.63, 3.8) is 0 Å². The number of rotatable bonds is 8. The first-order valence-electron chi connectivity index (χ1n) is 8.19. The number of nitrogens with zero attached hydrogens (tertiary/aromatic N) is 3. The molecule has 1 fully saturated rings. The minimum atomic E-state index is 0.192. The van der Waals surface area contributed by atoms with Crippen LogP contribution in [0, 0.1) is 5.92 Å². The zero-order chi connectivity index (χ0) is 15.2. The lowest BCUT2D eigenvalue weighted by molar-refractivity contribution is 0.0366. The quantitative estimate of drug-likeness (QED) is 0.729. The molecule has 20 heavy (non-hydrogen) atoms. The predicted molar refractivity (Wildman–Crippen MR) is 88.1 cm³/mol. The van der Waals surface area contributed by atoms with E-state index in [1.54, 1.807) is 0 Å². The van der Waals surface area contributed by atoms with E-state index in [-0.39, 0.29) is 5.54 Å². The minimum absolute atomic E-state index is 0.192. The van der Waals surface area contributed by atoms with Gasteiger partial charge in [-0.3, -0.25) is 9.80 Å². The molecule has 0 spiro atoms. The van der Waals surface area contributed by atoms with Gasteiger partial charge in [-0.1, -0.05) is 13.8 Å². The Morgan fingerprint density at radius 2 is 1.75 bits per heavy atom. The van der Waals surface area contributed by atoms with E-state index in [0.29, 0.717) is 0 Å². The van der Waals surface area contributed by atoms with E-state index in [2.05, 4.69) is 49.6 Å². The first kappa shape index (κ1) is 17.9. The second kappa shape index (κ2) is 8.32. The second-order valence-electron chi connectivity index (χ2n) is 7.27. The molecule has 0 aromatic carbocycles. The van der Waals surface area contributed by atoms with Crippen molar-refractivity contribution < 1.29 is 0 Å². The van der Waals surface area contributed by atoms with Crippen LogP contribution in [0.1, 0.15) is 33.6 Å². The molecule has 1 saturated heterocycles. The van der Waals surface area contributed by atoms with Gasteiger partial charge in [-0.2, -0.15) is 0 Å². The average Bonchev–Trinajstić information content (AvgIpc) is 2.43. The molecule has 1 heterocycles. The molecule has 0 aromatic rings. The lowest BCUT2D eigenvalue weighted by atomic mass is 9.89. The van der Waals surface area contributed by atoms with Crippen molar-refractivity contribution in [2.75, 3.05) is 59.9 Å². The van der Waals surface area contributed by atoms with Crippen molar-refractivity contribution in [2.24, 2.45) is 11.7 Å². The second-order valence-corrected chi connectivity index (χ2v) is 7.27. The molecular weight excluding hydrogens is 248 g/mol. The van der Waals surface area contributed by atoms with Crippen molar-refractivity contribution in [1.82, 2.24) is 14.7 Å². The monoisotopic (exact) mass is 284 g/mol. The summed E-state index contributed by atoms with van der Waals surface area (Å²) < 4.78 is 0. The molecule has 4 nitrogen and oxygen atoms in total. The Morgan fingerprint density at radius 3 is 2.20 bits per heavy atom. The fourth-order valence-electron chi connectivity index (χ4n) is 2.84. The largest absolute Gasteiger partial charge is 0.329 e. The Kier molecular flexibility index (Phi) is 7.45. The summed E-state index contributed by atoms with van der Waals surface area (Å²) in [5.41, 5.74) is 6.29. The van der Waals surface area contributed by atoms with Crippen LogP contribution >= 0.6 is 0 Å².